The normalized spacial score (nSPS) is 14.4. The zero-order valence-electron chi connectivity index (χ0n) is 9.74. The molecule has 0 bridgehead atoms. The molecule has 0 aromatic heterocycles. The Morgan fingerprint density at radius 1 is 0.706 bits per heavy atom. The summed E-state index contributed by atoms with van der Waals surface area (Å²) in [6.45, 7) is 0. The predicted octanol–water partition coefficient (Wildman–Crippen LogP) is 4.48. The number of aryl methyl sites for hydroxylation is 2. The van der Waals surface area contributed by atoms with Crippen LogP contribution >= 0.6 is 0 Å². The Hall–Kier alpha value is -1.82. The van der Waals surface area contributed by atoms with Gasteiger partial charge in [-0.2, -0.15) is 0 Å². The maximum absolute atomic E-state index is 2.39. The van der Waals surface area contributed by atoms with Crippen molar-refractivity contribution in [1.29, 1.82) is 0 Å². The molecular weight excluding hydrogens is 204 g/mol. The van der Waals surface area contributed by atoms with Crippen LogP contribution in [0.25, 0.3) is 21.5 Å². The van der Waals surface area contributed by atoms with Gasteiger partial charge in [0.1, 0.15) is 0 Å². The van der Waals surface area contributed by atoms with Crippen LogP contribution in [0.3, 0.4) is 0 Å². The van der Waals surface area contributed by atoms with Gasteiger partial charge in [-0.3, -0.25) is 0 Å². The average Bonchev–Trinajstić information content (AvgIpc) is 2.39. The van der Waals surface area contributed by atoms with Crippen LogP contribution in [0.15, 0.2) is 48.5 Å². The highest BCUT2D eigenvalue weighted by Crippen LogP contribution is 2.34. The van der Waals surface area contributed by atoms with Gasteiger partial charge >= 0.3 is 0 Å². The molecule has 0 atom stereocenters. The molecule has 1 aliphatic rings. The van der Waals surface area contributed by atoms with Crippen LogP contribution in [0.4, 0.5) is 0 Å². The first-order valence-corrected chi connectivity index (χ1v) is 6.36. The highest BCUT2D eigenvalue weighted by Gasteiger charge is 2.13. The van der Waals surface area contributed by atoms with Gasteiger partial charge in [-0.25, -0.2) is 0 Å². The third kappa shape index (κ3) is 1.24. The highest BCUT2D eigenvalue weighted by molar-refractivity contribution is 6.10. The molecule has 3 aromatic rings. The molecule has 0 aliphatic heterocycles. The molecule has 0 spiro atoms. The van der Waals surface area contributed by atoms with Crippen molar-refractivity contribution in [1.82, 2.24) is 0 Å². The summed E-state index contributed by atoms with van der Waals surface area (Å²) in [6, 6.07) is 17.9. The highest BCUT2D eigenvalue weighted by atomic mass is 14.2. The van der Waals surface area contributed by atoms with Crippen molar-refractivity contribution in [3.8, 4) is 0 Å². The van der Waals surface area contributed by atoms with E-state index in [1.165, 1.54) is 46.4 Å². The van der Waals surface area contributed by atoms with E-state index in [0.717, 1.165) is 0 Å². The summed E-state index contributed by atoms with van der Waals surface area (Å²) in [5, 5.41) is 5.75. The van der Waals surface area contributed by atoms with Gasteiger partial charge in [-0.05, 0) is 51.9 Å². The topological polar surface area (TPSA) is 0 Å². The van der Waals surface area contributed by atoms with Crippen LogP contribution in [0.2, 0.25) is 0 Å². The lowest BCUT2D eigenvalue weighted by molar-refractivity contribution is 0.809. The molecule has 0 radical (unpaired) electrons. The molecule has 0 nitrogen and oxygen atoms in total. The van der Waals surface area contributed by atoms with Gasteiger partial charge in [0.05, 0.1) is 0 Å². The standard InChI is InChI=1S/C17H14/c1-2-9-15-13(5-1)11-14-8-3-6-12-7-4-10-16(15)17(12)14/h1-2,4-5,7,9-11H,3,6,8H2. The van der Waals surface area contributed by atoms with E-state index >= 15 is 0 Å². The maximum atomic E-state index is 2.39. The SMILES string of the molecule is c1ccc2c(c1)cc1c3c(cccc32)CCC1. The molecule has 82 valence electrons. The Balaban J connectivity index is 2.30. The van der Waals surface area contributed by atoms with Crippen molar-refractivity contribution in [3.05, 3.63) is 59.7 Å². The lowest BCUT2D eigenvalue weighted by atomic mass is 9.86. The number of benzene rings is 3. The second kappa shape index (κ2) is 3.33. The fraction of sp³-hybridized carbons (Fsp3) is 0.176. The third-order valence-electron chi connectivity index (χ3n) is 3.94. The van der Waals surface area contributed by atoms with Gasteiger partial charge in [-0.1, -0.05) is 48.5 Å². The Bertz CT molecular complexity index is 723. The molecule has 0 saturated heterocycles. The fourth-order valence-corrected chi connectivity index (χ4v) is 3.21. The van der Waals surface area contributed by atoms with Crippen molar-refractivity contribution in [2.24, 2.45) is 0 Å². The Morgan fingerprint density at radius 2 is 1.53 bits per heavy atom. The van der Waals surface area contributed by atoms with Crippen LogP contribution in [0.1, 0.15) is 17.5 Å². The van der Waals surface area contributed by atoms with E-state index in [1.54, 1.807) is 5.56 Å². The van der Waals surface area contributed by atoms with Crippen LogP contribution in [-0.4, -0.2) is 0 Å². The van der Waals surface area contributed by atoms with E-state index in [1.807, 2.05) is 0 Å². The van der Waals surface area contributed by atoms with Gasteiger partial charge in [0, 0.05) is 0 Å². The first-order chi connectivity index (χ1) is 8.43. The summed E-state index contributed by atoms with van der Waals surface area (Å²) in [5.41, 5.74) is 3.08. The largest absolute Gasteiger partial charge is 0.0616 e. The molecule has 1 aliphatic carbocycles. The minimum absolute atomic E-state index is 1.23. The number of rotatable bonds is 0. The zero-order chi connectivity index (χ0) is 11.2. The van der Waals surface area contributed by atoms with Crippen molar-refractivity contribution < 1.29 is 0 Å². The maximum Gasteiger partial charge on any atom is -0.00999 e. The third-order valence-corrected chi connectivity index (χ3v) is 3.94. The van der Waals surface area contributed by atoms with Gasteiger partial charge < -0.3 is 0 Å². The number of fused-ring (bicyclic) bond motifs is 2. The van der Waals surface area contributed by atoms with Crippen molar-refractivity contribution in [2.75, 3.05) is 0 Å². The van der Waals surface area contributed by atoms with Crippen LogP contribution < -0.4 is 0 Å². The molecule has 0 fully saturated rings. The zero-order valence-corrected chi connectivity index (χ0v) is 9.74. The second-order valence-electron chi connectivity index (χ2n) is 4.95. The molecule has 0 N–H and O–H groups in total. The van der Waals surface area contributed by atoms with Crippen molar-refractivity contribution in [3.63, 3.8) is 0 Å². The summed E-state index contributed by atoms with van der Waals surface area (Å²) >= 11 is 0. The summed E-state index contributed by atoms with van der Waals surface area (Å²) in [4.78, 5) is 0. The average molecular weight is 218 g/mol. The van der Waals surface area contributed by atoms with Gasteiger partial charge in [-0.15, -0.1) is 0 Å². The molecule has 0 unspecified atom stereocenters. The van der Waals surface area contributed by atoms with Crippen molar-refractivity contribution >= 4 is 21.5 Å². The van der Waals surface area contributed by atoms with Gasteiger partial charge in [0.15, 0.2) is 0 Å². The predicted molar refractivity (Wildman–Crippen MR) is 73.5 cm³/mol. The summed E-state index contributed by atoms with van der Waals surface area (Å²) in [5.74, 6) is 0. The second-order valence-corrected chi connectivity index (χ2v) is 4.95. The first-order valence-electron chi connectivity index (χ1n) is 6.36. The Morgan fingerprint density at radius 3 is 2.53 bits per heavy atom. The molecule has 3 aromatic carbocycles. The van der Waals surface area contributed by atoms with E-state index in [-0.39, 0.29) is 0 Å². The van der Waals surface area contributed by atoms with Gasteiger partial charge in [0.25, 0.3) is 0 Å². The van der Waals surface area contributed by atoms with Crippen LogP contribution in [0, 0.1) is 0 Å². The molecule has 4 rings (SSSR count). The Kier molecular flexibility index (Phi) is 1.81. The summed E-state index contributed by atoms with van der Waals surface area (Å²) in [7, 11) is 0. The smallest absolute Gasteiger partial charge is 0.00999 e. The Labute approximate surface area is 101 Å². The molecule has 0 saturated carbocycles. The molecule has 0 amide bonds. The van der Waals surface area contributed by atoms with Crippen LogP contribution in [0.5, 0.6) is 0 Å². The van der Waals surface area contributed by atoms with Gasteiger partial charge in [0.2, 0.25) is 0 Å². The van der Waals surface area contributed by atoms with E-state index in [9.17, 15) is 0 Å². The minimum Gasteiger partial charge on any atom is -0.0616 e. The number of hydrogen-bond acceptors (Lipinski definition) is 0. The lowest BCUT2D eigenvalue weighted by Gasteiger charge is -2.18. The quantitative estimate of drug-likeness (QED) is 0.488. The summed E-state index contributed by atoms with van der Waals surface area (Å²) in [6.07, 6.45) is 3.77. The minimum atomic E-state index is 1.23. The molecule has 17 heavy (non-hydrogen) atoms. The van der Waals surface area contributed by atoms with E-state index in [2.05, 4.69) is 48.5 Å². The van der Waals surface area contributed by atoms with Crippen molar-refractivity contribution in [2.45, 2.75) is 19.3 Å². The monoisotopic (exact) mass is 218 g/mol. The van der Waals surface area contributed by atoms with Crippen LogP contribution in [-0.2, 0) is 12.8 Å². The molecule has 0 heteroatoms. The molecular formula is C17H14. The summed E-state index contributed by atoms with van der Waals surface area (Å²) < 4.78 is 0. The lowest BCUT2D eigenvalue weighted by Crippen LogP contribution is -2.01. The van der Waals surface area contributed by atoms with E-state index < -0.39 is 0 Å². The number of hydrogen-bond donors (Lipinski definition) is 0. The first kappa shape index (κ1) is 9.23. The fourth-order valence-electron chi connectivity index (χ4n) is 3.21. The van der Waals surface area contributed by atoms with E-state index in [0.29, 0.717) is 0 Å². The molecule has 0 heterocycles. The van der Waals surface area contributed by atoms with E-state index in [4.69, 9.17) is 0 Å².